The van der Waals surface area contributed by atoms with Gasteiger partial charge in [0.2, 0.25) is 5.91 Å². The minimum atomic E-state index is 0.0197. The molecule has 1 aromatic heterocycles. The van der Waals surface area contributed by atoms with E-state index in [9.17, 15) is 4.79 Å². The highest BCUT2D eigenvalue weighted by Gasteiger charge is 2.04. The lowest BCUT2D eigenvalue weighted by Gasteiger charge is -2.05. The Balaban J connectivity index is 1.49. The molecule has 2 aromatic carbocycles. The van der Waals surface area contributed by atoms with Gasteiger partial charge in [-0.3, -0.25) is 9.48 Å². The first-order valence-electron chi connectivity index (χ1n) is 7.84. The summed E-state index contributed by atoms with van der Waals surface area (Å²) in [4.78, 5) is 11.9. The molecule has 0 bridgehead atoms. The van der Waals surface area contributed by atoms with Crippen LogP contribution in [0.5, 0.6) is 0 Å². The van der Waals surface area contributed by atoms with Gasteiger partial charge in [-0.2, -0.15) is 5.10 Å². The number of aryl methyl sites for hydroxylation is 1. The lowest BCUT2D eigenvalue weighted by Crippen LogP contribution is -2.12. The van der Waals surface area contributed by atoms with Crippen LogP contribution < -0.4 is 5.32 Å². The molecule has 5 heteroatoms. The van der Waals surface area contributed by atoms with Crippen LogP contribution >= 0.6 is 11.6 Å². The standard InChI is InChI=1S/C19H18ClN3O/c20-17-10-8-15(9-11-17)16-13-21-23(14-16)12-4-7-19(24)22-18-5-2-1-3-6-18/h1-3,5-6,8-11,13-14H,4,7,12H2,(H,22,24). The van der Waals surface area contributed by atoms with Crippen molar-refractivity contribution in [2.24, 2.45) is 0 Å². The average molecular weight is 340 g/mol. The van der Waals surface area contributed by atoms with Gasteiger partial charge in [0.1, 0.15) is 0 Å². The molecule has 0 aliphatic heterocycles. The topological polar surface area (TPSA) is 46.9 Å². The molecular formula is C19H18ClN3O. The molecule has 0 aliphatic carbocycles. The number of halogens is 1. The molecule has 0 aliphatic rings. The summed E-state index contributed by atoms with van der Waals surface area (Å²) in [6.07, 6.45) is 5.01. The highest BCUT2D eigenvalue weighted by Crippen LogP contribution is 2.20. The van der Waals surface area contributed by atoms with Crippen molar-refractivity contribution in [2.75, 3.05) is 5.32 Å². The monoisotopic (exact) mass is 339 g/mol. The van der Waals surface area contributed by atoms with E-state index >= 15 is 0 Å². The molecule has 0 fully saturated rings. The molecule has 3 rings (SSSR count). The maximum absolute atomic E-state index is 11.9. The van der Waals surface area contributed by atoms with Crippen molar-refractivity contribution in [1.29, 1.82) is 0 Å². The van der Waals surface area contributed by atoms with E-state index in [2.05, 4.69) is 10.4 Å². The van der Waals surface area contributed by atoms with Crippen molar-refractivity contribution in [3.63, 3.8) is 0 Å². The molecular weight excluding hydrogens is 322 g/mol. The van der Waals surface area contributed by atoms with Crippen molar-refractivity contribution in [3.8, 4) is 11.1 Å². The zero-order valence-corrected chi connectivity index (χ0v) is 13.9. The summed E-state index contributed by atoms with van der Waals surface area (Å²) < 4.78 is 1.86. The van der Waals surface area contributed by atoms with Gasteiger partial charge in [0.25, 0.3) is 0 Å². The largest absolute Gasteiger partial charge is 0.326 e. The Morgan fingerprint density at radius 1 is 1.04 bits per heavy atom. The second-order valence-electron chi connectivity index (χ2n) is 5.52. The van der Waals surface area contributed by atoms with Crippen molar-refractivity contribution in [3.05, 3.63) is 72.0 Å². The van der Waals surface area contributed by atoms with Crippen LogP contribution in [0.1, 0.15) is 12.8 Å². The first-order chi connectivity index (χ1) is 11.7. The lowest BCUT2D eigenvalue weighted by atomic mass is 10.1. The molecule has 1 heterocycles. The molecule has 1 N–H and O–H groups in total. The van der Waals surface area contributed by atoms with Crippen LogP contribution in [-0.4, -0.2) is 15.7 Å². The fourth-order valence-electron chi connectivity index (χ4n) is 2.42. The van der Waals surface area contributed by atoms with Gasteiger partial charge < -0.3 is 5.32 Å². The third-order valence-electron chi connectivity index (χ3n) is 3.66. The third-order valence-corrected chi connectivity index (χ3v) is 3.91. The van der Waals surface area contributed by atoms with E-state index in [0.717, 1.165) is 28.3 Å². The number of hydrogen-bond donors (Lipinski definition) is 1. The average Bonchev–Trinajstić information content (AvgIpc) is 3.05. The number of benzene rings is 2. The SMILES string of the molecule is O=C(CCCn1cc(-c2ccc(Cl)cc2)cn1)Nc1ccccc1. The number of hydrogen-bond acceptors (Lipinski definition) is 2. The van der Waals surface area contributed by atoms with Gasteiger partial charge in [-0.1, -0.05) is 41.9 Å². The predicted molar refractivity (Wildman–Crippen MR) is 97.0 cm³/mol. The first-order valence-corrected chi connectivity index (χ1v) is 8.22. The summed E-state index contributed by atoms with van der Waals surface area (Å²) in [5.74, 6) is 0.0197. The Kier molecular flexibility index (Phi) is 5.29. The van der Waals surface area contributed by atoms with Gasteiger partial charge >= 0.3 is 0 Å². The number of amides is 1. The maximum Gasteiger partial charge on any atom is 0.224 e. The molecule has 3 aromatic rings. The maximum atomic E-state index is 11.9. The summed E-state index contributed by atoms with van der Waals surface area (Å²) in [6, 6.07) is 17.1. The molecule has 122 valence electrons. The highest BCUT2D eigenvalue weighted by molar-refractivity contribution is 6.30. The van der Waals surface area contributed by atoms with Gasteiger partial charge in [0, 0.05) is 35.4 Å². The zero-order valence-electron chi connectivity index (χ0n) is 13.2. The van der Waals surface area contributed by atoms with E-state index in [-0.39, 0.29) is 5.91 Å². The third kappa shape index (κ3) is 4.46. The van der Waals surface area contributed by atoms with Crippen molar-refractivity contribution >= 4 is 23.2 Å². The molecule has 0 atom stereocenters. The van der Waals surface area contributed by atoms with E-state index in [1.165, 1.54) is 0 Å². The number of nitrogens with zero attached hydrogens (tertiary/aromatic N) is 2. The van der Waals surface area contributed by atoms with Crippen LogP contribution in [0.15, 0.2) is 67.0 Å². The second kappa shape index (κ2) is 7.79. The van der Waals surface area contributed by atoms with Crippen LogP contribution in [0.4, 0.5) is 5.69 Å². The Labute approximate surface area is 146 Å². The second-order valence-corrected chi connectivity index (χ2v) is 5.95. The van der Waals surface area contributed by atoms with Crippen molar-refractivity contribution < 1.29 is 4.79 Å². The number of para-hydroxylation sites is 1. The van der Waals surface area contributed by atoms with E-state index in [1.807, 2.05) is 71.7 Å². The molecule has 1 amide bonds. The van der Waals surface area contributed by atoms with Crippen LogP contribution in [0.3, 0.4) is 0 Å². The smallest absolute Gasteiger partial charge is 0.224 e. The number of anilines is 1. The van der Waals surface area contributed by atoms with E-state index in [0.29, 0.717) is 13.0 Å². The summed E-state index contributed by atoms with van der Waals surface area (Å²) in [5, 5.41) is 7.95. The van der Waals surface area contributed by atoms with E-state index in [1.54, 1.807) is 0 Å². The Hall–Kier alpha value is -2.59. The van der Waals surface area contributed by atoms with Crippen LogP contribution in [0, 0.1) is 0 Å². The quantitative estimate of drug-likeness (QED) is 0.712. The fourth-order valence-corrected chi connectivity index (χ4v) is 2.55. The van der Waals surface area contributed by atoms with E-state index < -0.39 is 0 Å². The van der Waals surface area contributed by atoms with Crippen LogP contribution in [0.25, 0.3) is 11.1 Å². The Morgan fingerprint density at radius 2 is 1.79 bits per heavy atom. The molecule has 0 saturated heterocycles. The minimum absolute atomic E-state index is 0.0197. The normalized spacial score (nSPS) is 10.5. The number of aromatic nitrogens is 2. The molecule has 0 radical (unpaired) electrons. The van der Waals surface area contributed by atoms with E-state index in [4.69, 9.17) is 11.6 Å². The Morgan fingerprint density at radius 3 is 2.54 bits per heavy atom. The number of rotatable bonds is 6. The fraction of sp³-hybridized carbons (Fsp3) is 0.158. The molecule has 0 spiro atoms. The van der Waals surface area contributed by atoms with Crippen LogP contribution in [0.2, 0.25) is 5.02 Å². The van der Waals surface area contributed by atoms with Crippen molar-refractivity contribution in [2.45, 2.75) is 19.4 Å². The highest BCUT2D eigenvalue weighted by atomic mass is 35.5. The van der Waals surface area contributed by atoms with Crippen LogP contribution in [-0.2, 0) is 11.3 Å². The van der Waals surface area contributed by atoms with Gasteiger partial charge in [0.05, 0.1) is 6.20 Å². The summed E-state index contributed by atoms with van der Waals surface area (Å²) >= 11 is 5.90. The van der Waals surface area contributed by atoms with Gasteiger partial charge in [-0.25, -0.2) is 0 Å². The zero-order chi connectivity index (χ0) is 16.8. The molecule has 24 heavy (non-hydrogen) atoms. The lowest BCUT2D eigenvalue weighted by molar-refractivity contribution is -0.116. The van der Waals surface area contributed by atoms with Crippen molar-refractivity contribution in [1.82, 2.24) is 9.78 Å². The predicted octanol–water partition coefficient (Wildman–Crippen LogP) is 4.62. The summed E-state index contributed by atoms with van der Waals surface area (Å²) in [6.45, 7) is 0.704. The number of carbonyl (C=O) groups is 1. The first kappa shape index (κ1) is 16.3. The number of nitrogens with one attached hydrogen (secondary N) is 1. The van der Waals surface area contributed by atoms with Gasteiger partial charge in [0.15, 0.2) is 0 Å². The Bertz CT molecular complexity index is 797. The summed E-state index contributed by atoms with van der Waals surface area (Å²) in [5.41, 5.74) is 2.94. The summed E-state index contributed by atoms with van der Waals surface area (Å²) in [7, 11) is 0. The number of carbonyl (C=O) groups excluding carboxylic acids is 1. The van der Waals surface area contributed by atoms with Gasteiger partial charge in [-0.15, -0.1) is 0 Å². The molecule has 0 saturated carbocycles. The minimum Gasteiger partial charge on any atom is -0.326 e. The van der Waals surface area contributed by atoms with Gasteiger partial charge in [-0.05, 0) is 36.2 Å². The molecule has 0 unspecified atom stereocenters. The molecule has 4 nitrogen and oxygen atoms in total.